The summed E-state index contributed by atoms with van der Waals surface area (Å²) in [5.74, 6) is 2.70. The smallest absolute Gasteiger partial charge is 0.169 e. The molecule has 2 fully saturated rings. The fourth-order valence-electron chi connectivity index (χ4n) is 4.36. The number of anilines is 2. The summed E-state index contributed by atoms with van der Waals surface area (Å²) in [6, 6.07) is 4.39. The van der Waals surface area contributed by atoms with Gasteiger partial charge in [-0.15, -0.1) is 5.10 Å². The molecule has 0 radical (unpaired) electrons. The molecule has 1 unspecified atom stereocenters. The molecule has 0 aliphatic carbocycles. The fourth-order valence-corrected chi connectivity index (χ4v) is 4.36. The SMILES string of the molecule is CC1COCCN1c1cc(C2CCNCC2)c2c(N)nn(-c3ccn[nH]3)c2n1. The Bertz CT molecular complexity index is 960. The summed E-state index contributed by atoms with van der Waals surface area (Å²) < 4.78 is 7.40. The lowest BCUT2D eigenvalue weighted by Crippen LogP contribution is -2.44. The van der Waals surface area contributed by atoms with E-state index in [0.717, 1.165) is 55.1 Å². The number of rotatable bonds is 3. The largest absolute Gasteiger partial charge is 0.382 e. The van der Waals surface area contributed by atoms with Gasteiger partial charge in [0, 0.05) is 12.6 Å². The molecule has 0 aromatic carbocycles. The lowest BCUT2D eigenvalue weighted by Gasteiger charge is -2.35. The van der Waals surface area contributed by atoms with E-state index in [0.29, 0.717) is 24.9 Å². The number of hydrogen-bond donors (Lipinski definition) is 3. The number of pyridine rings is 1. The van der Waals surface area contributed by atoms with E-state index in [2.05, 4.69) is 38.5 Å². The second-order valence-electron chi connectivity index (χ2n) is 7.65. The van der Waals surface area contributed by atoms with Gasteiger partial charge in [0.1, 0.15) is 5.82 Å². The van der Waals surface area contributed by atoms with Crippen LogP contribution in [0.2, 0.25) is 0 Å². The van der Waals surface area contributed by atoms with Gasteiger partial charge in [-0.05, 0) is 50.4 Å². The van der Waals surface area contributed by atoms with Crippen LogP contribution in [0.25, 0.3) is 16.9 Å². The van der Waals surface area contributed by atoms with Gasteiger partial charge in [-0.25, -0.2) is 4.98 Å². The van der Waals surface area contributed by atoms with Gasteiger partial charge in [-0.3, -0.25) is 5.10 Å². The van der Waals surface area contributed by atoms with Gasteiger partial charge >= 0.3 is 0 Å². The van der Waals surface area contributed by atoms with Crippen LogP contribution < -0.4 is 16.0 Å². The van der Waals surface area contributed by atoms with E-state index in [9.17, 15) is 0 Å². The average Bonchev–Trinajstić information content (AvgIpc) is 3.37. The number of H-pyrrole nitrogens is 1. The molecule has 2 saturated heterocycles. The molecule has 9 heteroatoms. The van der Waals surface area contributed by atoms with Crippen LogP contribution in [0.3, 0.4) is 0 Å². The minimum Gasteiger partial charge on any atom is -0.382 e. The second kappa shape index (κ2) is 7.06. The van der Waals surface area contributed by atoms with E-state index >= 15 is 0 Å². The van der Waals surface area contributed by atoms with Gasteiger partial charge in [0.25, 0.3) is 0 Å². The minimum absolute atomic E-state index is 0.278. The Morgan fingerprint density at radius 2 is 2.14 bits per heavy atom. The summed E-state index contributed by atoms with van der Waals surface area (Å²) >= 11 is 0. The highest BCUT2D eigenvalue weighted by molar-refractivity contribution is 5.92. The molecule has 5 rings (SSSR count). The maximum Gasteiger partial charge on any atom is 0.169 e. The van der Waals surface area contributed by atoms with Crippen LogP contribution in [0.5, 0.6) is 0 Å². The van der Waals surface area contributed by atoms with E-state index in [1.807, 2.05) is 6.07 Å². The standard InChI is InChI=1S/C19H26N8O/c1-12-11-28-9-8-26(12)16-10-14(13-2-5-21-6-3-13)17-18(20)25-27(19(17)23-16)15-4-7-22-24-15/h4,7,10,12-13,21H,2-3,5-6,8-9,11H2,1H3,(H2,20,25)(H,22,24). The van der Waals surface area contributed by atoms with Crippen molar-refractivity contribution in [1.82, 2.24) is 30.3 Å². The van der Waals surface area contributed by atoms with Crippen LogP contribution >= 0.6 is 0 Å². The Morgan fingerprint density at radius 1 is 1.29 bits per heavy atom. The summed E-state index contributed by atoms with van der Waals surface area (Å²) in [4.78, 5) is 7.34. The molecule has 5 heterocycles. The topological polar surface area (TPSA) is 110 Å². The molecule has 148 valence electrons. The van der Waals surface area contributed by atoms with Gasteiger partial charge in [-0.1, -0.05) is 0 Å². The molecule has 2 aliphatic heterocycles. The number of hydrogen-bond acceptors (Lipinski definition) is 7. The number of nitrogens with zero attached hydrogens (tertiary/aromatic N) is 5. The Hall–Kier alpha value is -2.65. The molecule has 0 bridgehead atoms. The highest BCUT2D eigenvalue weighted by Crippen LogP contribution is 2.37. The van der Waals surface area contributed by atoms with Crippen molar-refractivity contribution in [2.75, 3.05) is 43.5 Å². The number of ether oxygens (including phenoxy) is 1. The maximum atomic E-state index is 6.39. The highest BCUT2D eigenvalue weighted by atomic mass is 16.5. The van der Waals surface area contributed by atoms with Gasteiger partial charge in [-0.2, -0.15) is 9.78 Å². The van der Waals surface area contributed by atoms with Crippen LogP contribution in [-0.4, -0.2) is 63.9 Å². The van der Waals surface area contributed by atoms with E-state index in [-0.39, 0.29) is 6.04 Å². The molecular weight excluding hydrogens is 356 g/mol. The number of nitrogen functional groups attached to an aromatic ring is 1. The molecule has 0 spiro atoms. The molecule has 0 saturated carbocycles. The second-order valence-corrected chi connectivity index (χ2v) is 7.65. The first-order chi connectivity index (χ1) is 13.7. The van der Waals surface area contributed by atoms with Crippen LogP contribution in [0.15, 0.2) is 18.3 Å². The molecule has 4 N–H and O–H groups in total. The van der Waals surface area contributed by atoms with Gasteiger partial charge in [0.05, 0.1) is 30.8 Å². The number of fused-ring (bicyclic) bond motifs is 1. The molecule has 3 aromatic rings. The summed E-state index contributed by atoms with van der Waals surface area (Å²) in [6.45, 7) is 6.48. The normalized spacial score (nSPS) is 21.5. The van der Waals surface area contributed by atoms with Crippen molar-refractivity contribution in [3.8, 4) is 5.82 Å². The third-order valence-corrected chi connectivity index (χ3v) is 5.84. The van der Waals surface area contributed by atoms with E-state index in [1.165, 1.54) is 5.56 Å². The van der Waals surface area contributed by atoms with E-state index < -0.39 is 0 Å². The first kappa shape index (κ1) is 17.4. The summed E-state index contributed by atoms with van der Waals surface area (Å²) in [5.41, 5.74) is 8.43. The summed E-state index contributed by atoms with van der Waals surface area (Å²) in [5, 5.41) is 16.0. The molecule has 2 aliphatic rings. The predicted octanol–water partition coefficient (Wildman–Crippen LogP) is 1.42. The van der Waals surface area contributed by atoms with Crippen molar-refractivity contribution < 1.29 is 4.74 Å². The van der Waals surface area contributed by atoms with Crippen molar-refractivity contribution in [2.45, 2.75) is 31.7 Å². The van der Waals surface area contributed by atoms with E-state index in [4.69, 9.17) is 15.5 Å². The first-order valence-electron chi connectivity index (χ1n) is 9.96. The number of morpholine rings is 1. The molecule has 9 nitrogen and oxygen atoms in total. The van der Waals surface area contributed by atoms with Crippen molar-refractivity contribution >= 4 is 22.7 Å². The number of nitrogens with two attached hydrogens (primary N) is 1. The van der Waals surface area contributed by atoms with Crippen molar-refractivity contribution in [1.29, 1.82) is 0 Å². The lowest BCUT2D eigenvalue weighted by molar-refractivity contribution is 0.0985. The number of nitrogens with one attached hydrogen (secondary N) is 2. The maximum absolute atomic E-state index is 6.39. The summed E-state index contributed by atoms with van der Waals surface area (Å²) in [6.07, 6.45) is 3.89. The highest BCUT2D eigenvalue weighted by Gasteiger charge is 2.27. The van der Waals surface area contributed by atoms with Crippen LogP contribution in [0.4, 0.5) is 11.6 Å². The van der Waals surface area contributed by atoms with E-state index in [1.54, 1.807) is 10.9 Å². The third-order valence-electron chi connectivity index (χ3n) is 5.84. The van der Waals surface area contributed by atoms with Gasteiger partial charge in [0.15, 0.2) is 17.3 Å². The number of piperidine rings is 1. The van der Waals surface area contributed by atoms with Gasteiger partial charge in [0.2, 0.25) is 0 Å². The average molecular weight is 382 g/mol. The quantitative estimate of drug-likeness (QED) is 0.628. The molecule has 3 aromatic heterocycles. The molecule has 1 atom stereocenters. The molecular formula is C19H26N8O. The zero-order valence-corrected chi connectivity index (χ0v) is 16.1. The molecule has 28 heavy (non-hydrogen) atoms. The zero-order chi connectivity index (χ0) is 19.1. The third kappa shape index (κ3) is 2.91. The zero-order valence-electron chi connectivity index (χ0n) is 16.1. The number of aromatic nitrogens is 5. The Balaban J connectivity index is 1.71. The summed E-state index contributed by atoms with van der Waals surface area (Å²) in [7, 11) is 0. The first-order valence-corrected chi connectivity index (χ1v) is 9.96. The minimum atomic E-state index is 0.278. The monoisotopic (exact) mass is 382 g/mol. The Kier molecular flexibility index (Phi) is 4.40. The number of aromatic amines is 1. The van der Waals surface area contributed by atoms with Crippen LogP contribution in [0, 0.1) is 0 Å². The fraction of sp³-hybridized carbons (Fsp3) is 0.526. The van der Waals surface area contributed by atoms with Crippen molar-refractivity contribution in [3.63, 3.8) is 0 Å². The Morgan fingerprint density at radius 3 is 2.89 bits per heavy atom. The molecule has 0 amide bonds. The van der Waals surface area contributed by atoms with Crippen molar-refractivity contribution in [3.05, 3.63) is 23.9 Å². The predicted molar refractivity (Wildman–Crippen MR) is 108 cm³/mol. The van der Waals surface area contributed by atoms with Crippen LogP contribution in [0.1, 0.15) is 31.2 Å². The lowest BCUT2D eigenvalue weighted by atomic mass is 9.88. The van der Waals surface area contributed by atoms with Crippen LogP contribution in [-0.2, 0) is 4.74 Å². The Labute approximate surface area is 163 Å². The van der Waals surface area contributed by atoms with Gasteiger partial charge < -0.3 is 20.7 Å². The van der Waals surface area contributed by atoms with Crippen molar-refractivity contribution in [2.24, 2.45) is 0 Å².